The van der Waals surface area contributed by atoms with Crippen LogP contribution >= 0.6 is 0 Å². The number of nitrogens with one attached hydrogen (secondary N) is 2. The first kappa shape index (κ1) is 17.1. The lowest BCUT2D eigenvalue weighted by Gasteiger charge is -2.08. The van der Waals surface area contributed by atoms with Gasteiger partial charge in [0, 0.05) is 35.5 Å². The minimum absolute atomic E-state index is 0.0975. The molecule has 24 heavy (non-hydrogen) atoms. The van der Waals surface area contributed by atoms with Gasteiger partial charge in [-0.05, 0) is 30.7 Å². The highest BCUT2D eigenvalue weighted by atomic mass is 16.6. The van der Waals surface area contributed by atoms with Crippen LogP contribution in [-0.4, -0.2) is 16.7 Å². The molecule has 0 saturated heterocycles. The molecule has 0 fully saturated rings. The largest absolute Gasteiger partial charge is 0.326 e. The third-order valence-electron chi connectivity index (χ3n) is 3.20. The van der Waals surface area contributed by atoms with Gasteiger partial charge in [0.2, 0.25) is 5.91 Å². The summed E-state index contributed by atoms with van der Waals surface area (Å²) in [6.07, 6.45) is 1.17. The van der Waals surface area contributed by atoms with E-state index in [1.165, 1.54) is 24.3 Å². The van der Waals surface area contributed by atoms with Crippen LogP contribution < -0.4 is 10.6 Å². The fraction of sp³-hybridized carbons (Fsp3) is 0.176. The lowest BCUT2D eigenvalue weighted by atomic mass is 10.2. The Labute approximate surface area is 138 Å². The molecule has 0 radical (unpaired) electrons. The summed E-state index contributed by atoms with van der Waals surface area (Å²) < 4.78 is 0. The number of amides is 2. The van der Waals surface area contributed by atoms with Gasteiger partial charge in [0.15, 0.2) is 0 Å². The van der Waals surface area contributed by atoms with E-state index < -0.39 is 10.8 Å². The van der Waals surface area contributed by atoms with Crippen molar-refractivity contribution in [3.8, 4) is 0 Å². The van der Waals surface area contributed by atoms with E-state index in [1.54, 1.807) is 24.3 Å². The van der Waals surface area contributed by atoms with Gasteiger partial charge in [0.25, 0.3) is 11.6 Å². The summed E-state index contributed by atoms with van der Waals surface area (Å²) in [6, 6.07) is 12.2. The molecule has 2 aromatic carbocycles. The number of non-ortho nitro benzene ring substituents is 1. The molecule has 0 atom stereocenters. The monoisotopic (exact) mass is 327 g/mol. The van der Waals surface area contributed by atoms with Gasteiger partial charge in [-0.3, -0.25) is 19.7 Å². The molecule has 0 heterocycles. The van der Waals surface area contributed by atoms with E-state index in [9.17, 15) is 19.7 Å². The van der Waals surface area contributed by atoms with E-state index in [0.29, 0.717) is 17.8 Å². The first-order valence-electron chi connectivity index (χ1n) is 7.45. The fourth-order valence-electron chi connectivity index (χ4n) is 2.09. The molecule has 2 N–H and O–H groups in total. The Bertz CT molecular complexity index is 774. The van der Waals surface area contributed by atoms with Crippen LogP contribution in [0.4, 0.5) is 17.1 Å². The van der Waals surface area contributed by atoms with Gasteiger partial charge in [-0.1, -0.05) is 19.1 Å². The van der Waals surface area contributed by atoms with E-state index in [2.05, 4.69) is 10.6 Å². The van der Waals surface area contributed by atoms with E-state index >= 15 is 0 Å². The van der Waals surface area contributed by atoms with Gasteiger partial charge in [0.1, 0.15) is 0 Å². The summed E-state index contributed by atoms with van der Waals surface area (Å²) in [7, 11) is 0. The lowest BCUT2D eigenvalue weighted by molar-refractivity contribution is -0.384. The maximum atomic E-state index is 12.2. The molecule has 0 aliphatic rings. The molecular weight excluding hydrogens is 310 g/mol. The minimum Gasteiger partial charge on any atom is -0.326 e. The van der Waals surface area contributed by atoms with Gasteiger partial charge in [0.05, 0.1) is 4.92 Å². The Morgan fingerprint density at radius 3 is 2.38 bits per heavy atom. The number of hydrogen-bond acceptors (Lipinski definition) is 4. The second kappa shape index (κ2) is 7.87. The molecule has 0 spiro atoms. The zero-order chi connectivity index (χ0) is 17.5. The maximum absolute atomic E-state index is 12.2. The minimum atomic E-state index is -0.555. The fourth-order valence-corrected chi connectivity index (χ4v) is 2.09. The standard InChI is InChI=1S/C17H17N3O4/c1-2-5-16(21)18-13-7-4-8-14(11-13)19-17(22)12-6-3-9-15(10-12)20(23)24/h3-4,6-11H,2,5H2,1H3,(H,18,21)(H,19,22). The van der Waals surface area contributed by atoms with Crippen LogP contribution in [0, 0.1) is 10.1 Å². The van der Waals surface area contributed by atoms with E-state index in [1.807, 2.05) is 6.92 Å². The van der Waals surface area contributed by atoms with Crippen molar-refractivity contribution in [2.75, 3.05) is 10.6 Å². The summed E-state index contributed by atoms with van der Waals surface area (Å²) in [5.74, 6) is -0.560. The molecule has 124 valence electrons. The van der Waals surface area contributed by atoms with Gasteiger partial charge in [-0.2, -0.15) is 0 Å². The van der Waals surface area contributed by atoms with Crippen molar-refractivity contribution >= 4 is 28.9 Å². The highest BCUT2D eigenvalue weighted by Crippen LogP contribution is 2.18. The van der Waals surface area contributed by atoms with Crippen LogP contribution in [0.15, 0.2) is 48.5 Å². The first-order chi connectivity index (χ1) is 11.5. The molecule has 0 saturated carbocycles. The molecule has 2 aromatic rings. The summed E-state index contributed by atoms with van der Waals surface area (Å²) in [4.78, 5) is 34.0. The van der Waals surface area contributed by atoms with Gasteiger partial charge < -0.3 is 10.6 Å². The predicted octanol–water partition coefficient (Wildman–Crippen LogP) is 3.59. The van der Waals surface area contributed by atoms with E-state index in [0.717, 1.165) is 6.42 Å². The van der Waals surface area contributed by atoms with Crippen LogP contribution in [0.3, 0.4) is 0 Å². The van der Waals surface area contributed by atoms with Crippen molar-refractivity contribution < 1.29 is 14.5 Å². The molecule has 2 rings (SSSR count). The number of carbonyl (C=O) groups is 2. The number of nitro benzene ring substituents is 1. The third-order valence-corrected chi connectivity index (χ3v) is 3.20. The first-order valence-corrected chi connectivity index (χ1v) is 7.45. The average Bonchev–Trinajstić information content (AvgIpc) is 2.55. The molecule has 0 aromatic heterocycles. The topological polar surface area (TPSA) is 101 Å². The second-order valence-electron chi connectivity index (χ2n) is 5.14. The molecule has 7 heteroatoms. The second-order valence-corrected chi connectivity index (χ2v) is 5.14. The number of nitro groups is 1. The van der Waals surface area contributed by atoms with Crippen LogP contribution in [0.2, 0.25) is 0 Å². The number of rotatable bonds is 6. The average molecular weight is 327 g/mol. The smallest absolute Gasteiger partial charge is 0.270 e. The summed E-state index contributed by atoms with van der Waals surface area (Å²) in [5, 5.41) is 16.2. The third kappa shape index (κ3) is 4.64. The SMILES string of the molecule is CCCC(=O)Nc1cccc(NC(=O)c2cccc([N+](=O)[O-])c2)c1. The number of carbonyl (C=O) groups excluding carboxylic acids is 2. The van der Waals surface area contributed by atoms with Gasteiger partial charge in [-0.15, -0.1) is 0 Å². The van der Waals surface area contributed by atoms with Crippen molar-refractivity contribution in [3.63, 3.8) is 0 Å². The van der Waals surface area contributed by atoms with Crippen LogP contribution in [0.25, 0.3) is 0 Å². The van der Waals surface area contributed by atoms with Crippen molar-refractivity contribution in [3.05, 3.63) is 64.2 Å². The Kier molecular flexibility index (Phi) is 5.62. The molecule has 2 amide bonds. The molecular formula is C17H17N3O4. The number of benzene rings is 2. The predicted molar refractivity (Wildman–Crippen MR) is 91.0 cm³/mol. The quantitative estimate of drug-likeness (QED) is 0.625. The number of nitrogens with zero attached hydrogens (tertiary/aromatic N) is 1. The van der Waals surface area contributed by atoms with E-state index in [-0.39, 0.29) is 17.2 Å². The summed E-state index contributed by atoms with van der Waals surface area (Å²) in [6.45, 7) is 1.91. The van der Waals surface area contributed by atoms with Gasteiger partial charge in [-0.25, -0.2) is 0 Å². The van der Waals surface area contributed by atoms with Crippen LogP contribution in [0.1, 0.15) is 30.1 Å². The maximum Gasteiger partial charge on any atom is 0.270 e. The zero-order valence-corrected chi connectivity index (χ0v) is 13.1. The van der Waals surface area contributed by atoms with Crippen LogP contribution in [-0.2, 0) is 4.79 Å². The molecule has 0 bridgehead atoms. The Morgan fingerprint density at radius 2 is 1.71 bits per heavy atom. The normalized spacial score (nSPS) is 10.0. The van der Waals surface area contributed by atoms with Crippen LogP contribution in [0.5, 0.6) is 0 Å². The molecule has 7 nitrogen and oxygen atoms in total. The zero-order valence-electron chi connectivity index (χ0n) is 13.1. The Morgan fingerprint density at radius 1 is 1.04 bits per heavy atom. The Balaban J connectivity index is 2.10. The summed E-state index contributed by atoms with van der Waals surface area (Å²) in [5.41, 5.74) is 1.10. The van der Waals surface area contributed by atoms with Crippen molar-refractivity contribution in [1.29, 1.82) is 0 Å². The number of hydrogen-bond donors (Lipinski definition) is 2. The highest BCUT2D eigenvalue weighted by molar-refractivity contribution is 6.05. The Hall–Kier alpha value is -3.22. The molecule has 0 aliphatic carbocycles. The van der Waals surface area contributed by atoms with Gasteiger partial charge >= 0.3 is 0 Å². The molecule has 0 unspecified atom stereocenters. The van der Waals surface area contributed by atoms with Crippen molar-refractivity contribution in [2.45, 2.75) is 19.8 Å². The number of anilines is 2. The van der Waals surface area contributed by atoms with E-state index in [4.69, 9.17) is 0 Å². The lowest BCUT2D eigenvalue weighted by Crippen LogP contribution is -2.13. The summed E-state index contributed by atoms with van der Waals surface area (Å²) >= 11 is 0. The highest BCUT2D eigenvalue weighted by Gasteiger charge is 2.12. The molecule has 0 aliphatic heterocycles. The van der Waals surface area contributed by atoms with Crippen molar-refractivity contribution in [2.24, 2.45) is 0 Å². The van der Waals surface area contributed by atoms with Crippen molar-refractivity contribution in [1.82, 2.24) is 0 Å².